The van der Waals surface area contributed by atoms with E-state index in [1.807, 2.05) is 0 Å². The molecule has 1 atom stereocenters. The lowest BCUT2D eigenvalue weighted by molar-refractivity contribution is 0.620. The Morgan fingerprint density at radius 3 is 2.79 bits per heavy atom. The highest BCUT2D eigenvalue weighted by molar-refractivity contribution is 7.12. The van der Waals surface area contributed by atoms with Crippen LogP contribution >= 0.6 is 11.3 Å². The van der Waals surface area contributed by atoms with Gasteiger partial charge in [-0.2, -0.15) is 0 Å². The smallest absolute Gasteiger partial charge is 0.196 e. The quantitative estimate of drug-likeness (QED) is 0.915. The summed E-state index contributed by atoms with van der Waals surface area (Å²) >= 11 is 1.70. The minimum Gasteiger partial charge on any atom is -0.369 e. The maximum atomic E-state index is 14.0. The van der Waals surface area contributed by atoms with E-state index in [0.29, 0.717) is 18.2 Å². The Kier molecular flexibility index (Phi) is 2.98. The van der Waals surface area contributed by atoms with E-state index < -0.39 is 0 Å². The van der Waals surface area contributed by atoms with Crippen molar-refractivity contribution in [1.29, 1.82) is 0 Å². The highest BCUT2D eigenvalue weighted by atomic mass is 32.1. The van der Waals surface area contributed by atoms with Crippen LogP contribution in [0.5, 0.6) is 0 Å². The van der Waals surface area contributed by atoms with Crippen molar-refractivity contribution < 1.29 is 4.39 Å². The first-order valence-corrected chi connectivity index (χ1v) is 6.88. The number of hydrogen-bond acceptors (Lipinski definition) is 4. The second-order valence-corrected chi connectivity index (χ2v) is 5.80. The van der Waals surface area contributed by atoms with E-state index >= 15 is 0 Å². The summed E-state index contributed by atoms with van der Waals surface area (Å²) in [6.45, 7) is 2.63. The van der Waals surface area contributed by atoms with Crippen molar-refractivity contribution in [1.82, 2.24) is 0 Å². The number of anilines is 1. The molecule has 0 aliphatic carbocycles. The van der Waals surface area contributed by atoms with Gasteiger partial charge >= 0.3 is 0 Å². The van der Waals surface area contributed by atoms with Crippen LogP contribution in [-0.2, 0) is 0 Å². The van der Waals surface area contributed by atoms with Crippen LogP contribution in [0, 0.1) is 12.7 Å². The molecule has 3 rings (SSSR count). The van der Waals surface area contributed by atoms with Crippen LogP contribution in [-0.4, -0.2) is 12.5 Å². The van der Waals surface area contributed by atoms with Crippen molar-refractivity contribution in [2.24, 2.45) is 10.7 Å². The molecule has 1 aliphatic rings. The van der Waals surface area contributed by atoms with Crippen LogP contribution in [0.1, 0.15) is 15.8 Å². The zero-order chi connectivity index (χ0) is 13.4. The number of nitrogens with zero attached hydrogens (tertiary/aromatic N) is 2. The molecule has 2 N–H and O–H groups in total. The minimum absolute atomic E-state index is 0.00407. The number of aryl methyl sites for hydroxylation is 1. The first kappa shape index (κ1) is 12.2. The molecular weight excluding hydrogens is 261 g/mol. The first-order chi connectivity index (χ1) is 9.16. The zero-order valence-corrected chi connectivity index (χ0v) is 11.3. The summed E-state index contributed by atoms with van der Waals surface area (Å²) in [5.74, 6) is 0.0991. The van der Waals surface area contributed by atoms with Crippen LogP contribution in [0.2, 0.25) is 0 Å². The third kappa shape index (κ3) is 2.10. The Labute approximate surface area is 115 Å². The molecule has 5 heteroatoms. The van der Waals surface area contributed by atoms with Crippen molar-refractivity contribution in [3.8, 4) is 0 Å². The van der Waals surface area contributed by atoms with Crippen LogP contribution in [0.3, 0.4) is 0 Å². The lowest BCUT2D eigenvalue weighted by atomic mass is 10.2. The van der Waals surface area contributed by atoms with Gasteiger partial charge in [0.15, 0.2) is 5.96 Å². The molecule has 0 radical (unpaired) electrons. The van der Waals surface area contributed by atoms with Crippen molar-refractivity contribution in [3.63, 3.8) is 0 Å². The van der Waals surface area contributed by atoms with Gasteiger partial charge in [0.2, 0.25) is 0 Å². The third-order valence-corrected chi connectivity index (χ3v) is 4.29. The molecule has 98 valence electrons. The monoisotopic (exact) mass is 275 g/mol. The van der Waals surface area contributed by atoms with E-state index in [1.54, 1.807) is 34.4 Å². The fraction of sp³-hybridized carbons (Fsp3) is 0.214. The Morgan fingerprint density at radius 1 is 1.32 bits per heavy atom. The number of para-hydroxylation sites is 1. The van der Waals surface area contributed by atoms with Gasteiger partial charge < -0.3 is 5.73 Å². The maximum absolute atomic E-state index is 14.0. The lowest BCUT2D eigenvalue weighted by Gasteiger charge is -2.25. The third-order valence-electron chi connectivity index (χ3n) is 3.19. The summed E-state index contributed by atoms with van der Waals surface area (Å²) in [5, 5.41) is 0. The van der Waals surface area contributed by atoms with Gasteiger partial charge in [0.05, 0.1) is 18.3 Å². The Morgan fingerprint density at radius 2 is 2.11 bits per heavy atom. The molecule has 3 nitrogen and oxygen atoms in total. The van der Waals surface area contributed by atoms with Gasteiger partial charge in [0.1, 0.15) is 5.82 Å². The molecule has 1 unspecified atom stereocenters. The molecule has 0 saturated heterocycles. The largest absolute Gasteiger partial charge is 0.369 e. The summed E-state index contributed by atoms with van der Waals surface area (Å²) in [6, 6.07) is 10.8. The van der Waals surface area contributed by atoms with Crippen LogP contribution in [0.15, 0.2) is 41.4 Å². The number of halogens is 1. The van der Waals surface area contributed by atoms with Gasteiger partial charge in [0, 0.05) is 9.75 Å². The zero-order valence-electron chi connectivity index (χ0n) is 10.5. The summed E-state index contributed by atoms with van der Waals surface area (Å²) in [5.41, 5.74) is 6.41. The van der Waals surface area contributed by atoms with E-state index in [0.717, 1.165) is 4.88 Å². The van der Waals surface area contributed by atoms with Crippen LogP contribution in [0.25, 0.3) is 0 Å². The lowest BCUT2D eigenvalue weighted by Crippen LogP contribution is -2.36. The van der Waals surface area contributed by atoms with Gasteiger partial charge in [0.25, 0.3) is 0 Å². The number of guanidine groups is 1. The van der Waals surface area contributed by atoms with Crippen LogP contribution in [0.4, 0.5) is 10.1 Å². The normalized spacial score (nSPS) is 18.7. The average molecular weight is 275 g/mol. The highest BCUT2D eigenvalue weighted by Crippen LogP contribution is 2.35. The summed E-state index contributed by atoms with van der Waals surface area (Å²) in [6.07, 6.45) is 0. The van der Waals surface area contributed by atoms with Crippen molar-refractivity contribution >= 4 is 23.0 Å². The highest BCUT2D eigenvalue weighted by Gasteiger charge is 2.31. The summed E-state index contributed by atoms with van der Waals surface area (Å²) in [7, 11) is 0. The molecule has 1 aliphatic heterocycles. The molecule has 0 spiro atoms. The fourth-order valence-corrected chi connectivity index (χ4v) is 3.25. The molecule has 1 aromatic carbocycles. The summed E-state index contributed by atoms with van der Waals surface area (Å²) in [4.78, 5) is 8.43. The maximum Gasteiger partial charge on any atom is 0.196 e. The van der Waals surface area contributed by atoms with Crippen molar-refractivity contribution in [3.05, 3.63) is 52.0 Å². The van der Waals surface area contributed by atoms with Gasteiger partial charge in [-0.1, -0.05) is 12.1 Å². The second-order valence-electron chi connectivity index (χ2n) is 4.48. The van der Waals surface area contributed by atoms with Gasteiger partial charge in [-0.05, 0) is 31.2 Å². The van der Waals surface area contributed by atoms with Crippen LogP contribution < -0.4 is 10.6 Å². The van der Waals surface area contributed by atoms with Crippen molar-refractivity contribution in [2.45, 2.75) is 13.0 Å². The average Bonchev–Trinajstić information content (AvgIpc) is 2.96. The molecule has 0 amide bonds. The molecule has 0 saturated carbocycles. The Hall–Kier alpha value is -1.88. The second kappa shape index (κ2) is 4.66. The molecule has 0 fully saturated rings. The number of rotatable bonds is 2. The summed E-state index contributed by atoms with van der Waals surface area (Å²) < 4.78 is 14.0. The van der Waals surface area contributed by atoms with Gasteiger partial charge in [-0.25, -0.2) is 4.39 Å². The van der Waals surface area contributed by atoms with E-state index in [9.17, 15) is 4.39 Å². The molecular formula is C14H14FN3S. The predicted octanol–water partition coefficient (Wildman–Crippen LogP) is 3.07. The standard InChI is InChI=1S/C14H14FN3S/c1-9-6-7-13(19-9)12-8-17-14(16)18(12)11-5-3-2-4-10(11)15/h2-7,12H,8H2,1H3,(H2,16,17). The Bertz CT molecular complexity index is 635. The minimum atomic E-state index is -0.277. The Balaban J connectivity index is 2.02. The van der Waals surface area contributed by atoms with Gasteiger partial charge in [-0.3, -0.25) is 9.89 Å². The molecule has 19 heavy (non-hydrogen) atoms. The predicted molar refractivity (Wildman–Crippen MR) is 77.2 cm³/mol. The number of thiophene rings is 1. The molecule has 0 bridgehead atoms. The van der Waals surface area contributed by atoms with E-state index in [2.05, 4.69) is 24.0 Å². The van der Waals surface area contributed by atoms with E-state index in [4.69, 9.17) is 5.73 Å². The molecule has 2 aromatic rings. The number of aliphatic imine (C=N–C) groups is 1. The number of nitrogens with two attached hydrogens (primary N) is 1. The van der Waals surface area contributed by atoms with Gasteiger partial charge in [-0.15, -0.1) is 11.3 Å². The van der Waals surface area contributed by atoms with E-state index in [1.165, 1.54) is 10.9 Å². The van der Waals surface area contributed by atoms with Crippen molar-refractivity contribution in [2.75, 3.05) is 11.4 Å². The molecule has 2 heterocycles. The number of hydrogen-bond donors (Lipinski definition) is 1. The fourth-order valence-electron chi connectivity index (χ4n) is 2.29. The number of benzene rings is 1. The van der Waals surface area contributed by atoms with E-state index in [-0.39, 0.29) is 11.9 Å². The first-order valence-electron chi connectivity index (χ1n) is 6.07. The molecule has 1 aromatic heterocycles. The SMILES string of the molecule is Cc1ccc(C2CN=C(N)N2c2ccccc2F)s1. The topological polar surface area (TPSA) is 41.6 Å².